The molecule has 1 N–H and O–H groups in total. The van der Waals surface area contributed by atoms with Gasteiger partial charge in [0.15, 0.2) is 0 Å². The van der Waals surface area contributed by atoms with E-state index >= 15 is 0 Å². The normalized spacial score (nSPS) is 12.8. The molecule has 0 radical (unpaired) electrons. The van der Waals surface area contributed by atoms with Crippen molar-refractivity contribution >= 4 is 46.8 Å². The summed E-state index contributed by atoms with van der Waals surface area (Å²) < 4.78 is 0. The number of amides is 2. The molecule has 0 unspecified atom stereocenters. The third-order valence-electron chi connectivity index (χ3n) is 5.34. The maximum Gasteiger partial charge on any atom is 0.243 e. The van der Waals surface area contributed by atoms with Crippen molar-refractivity contribution in [2.75, 3.05) is 5.75 Å². The number of carbonyl (C=O) groups excluding carboxylic acids is 2. The van der Waals surface area contributed by atoms with Crippen molar-refractivity contribution in [3.8, 4) is 0 Å². The Bertz CT molecular complexity index is 905. The quantitative estimate of drug-likeness (QED) is 0.401. The molecule has 0 aliphatic heterocycles. The number of nitrogens with one attached hydrogen (secondary N) is 1. The standard InChI is InChI=1S/C25H32Cl2N2O2S/c1-5-18(4)28-25(31)23(6-2)29(14-20-11-12-21(26)22(27)13-20)24(30)16-32-15-19-9-7-17(3)8-10-19/h7-13,18,23H,5-6,14-16H2,1-4H3,(H,28,31)/t18-,23+/m0/s1. The lowest BCUT2D eigenvalue weighted by molar-refractivity contribution is -0.139. The van der Waals surface area contributed by atoms with E-state index in [1.807, 2.05) is 26.8 Å². The average Bonchev–Trinajstić information content (AvgIpc) is 2.77. The Balaban J connectivity index is 2.16. The monoisotopic (exact) mass is 494 g/mol. The van der Waals surface area contributed by atoms with Gasteiger partial charge in [0.25, 0.3) is 0 Å². The highest BCUT2D eigenvalue weighted by molar-refractivity contribution is 7.99. The summed E-state index contributed by atoms with van der Waals surface area (Å²) in [5, 5.41) is 3.92. The van der Waals surface area contributed by atoms with E-state index in [1.165, 1.54) is 11.1 Å². The lowest BCUT2D eigenvalue weighted by atomic mass is 10.1. The summed E-state index contributed by atoms with van der Waals surface area (Å²) in [5.74, 6) is 0.836. The highest BCUT2D eigenvalue weighted by Crippen LogP contribution is 2.24. The van der Waals surface area contributed by atoms with Gasteiger partial charge in [0.2, 0.25) is 11.8 Å². The minimum absolute atomic E-state index is 0.0504. The molecule has 0 saturated carbocycles. The van der Waals surface area contributed by atoms with Gasteiger partial charge in [-0.1, -0.05) is 72.9 Å². The third kappa shape index (κ3) is 8.02. The molecular weight excluding hydrogens is 463 g/mol. The average molecular weight is 496 g/mol. The zero-order chi connectivity index (χ0) is 23.7. The Morgan fingerprint density at radius 1 is 1.00 bits per heavy atom. The number of aryl methyl sites for hydroxylation is 1. The van der Waals surface area contributed by atoms with Gasteiger partial charge in [-0.05, 0) is 49.9 Å². The molecule has 0 heterocycles. The van der Waals surface area contributed by atoms with Crippen molar-refractivity contribution in [3.05, 3.63) is 69.2 Å². The van der Waals surface area contributed by atoms with Crippen LogP contribution >= 0.6 is 35.0 Å². The van der Waals surface area contributed by atoms with Crippen LogP contribution in [-0.4, -0.2) is 34.6 Å². The molecule has 0 spiro atoms. The number of benzene rings is 2. The summed E-state index contributed by atoms with van der Waals surface area (Å²) in [7, 11) is 0. The molecule has 0 aliphatic carbocycles. The predicted octanol–water partition coefficient (Wildman–Crippen LogP) is 6.26. The van der Waals surface area contributed by atoms with Gasteiger partial charge in [-0.2, -0.15) is 0 Å². The summed E-state index contributed by atoms with van der Waals surface area (Å²) >= 11 is 13.8. The van der Waals surface area contributed by atoms with E-state index in [2.05, 4.69) is 36.5 Å². The van der Waals surface area contributed by atoms with Crippen molar-refractivity contribution < 1.29 is 9.59 Å². The second-order valence-electron chi connectivity index (χ2n) is 7.99. The molecule has 0 aromatic heterocycles. The molecule has 32 heavy (non-hydrogen) atoms. The highest BCUT2D eigenvalue weighted by atomic mass is 35.5. The molecule has 2 atom stereocenters. The van der Waals surface area contributed by atoms with Gasteiger partial charge >= 0.3 is 0 Å². The third-order valence-corrected chi connectivity index (χ3v) is 7.07. The Hall–Kier alpha value is -1.69. The highest BCUT2D eigenvalue weighted by Gasteiger charge is 2.29. The fourth-order valence-corrected chi connectivity index (χ4v) is 4.41. The van der Waals surface area contributed by atoms with Crippen LogP contribution in [0.25, 0.3) is 0 Å². The van der Waals surface area contributed by atoms with E-state index in [9.17, 15) is 9.59 Å². The Kier molecular flexibility index (Phi) is 10.9. The van der Waals surface area contributed by atoms with Crippen LogP contribution in [-0.2, 0) is 21.9 Å². The van der Waals surface area contributed by atoms with Gasteiger partial charge in [0.05, 0.1) is 15.8 Å². The molecule has 2 amide bonds. The summed E-state index contributed by atoms with van der Waals surface area (Å²) in [4.78, 5) is 27.9. The number of rotatable bonds is 11. The van der Waals surface area contributed by atoms with Gasteiger partial charge in [-0.25, -0.2) is 0 Å². The number of hydrogen-bond donors (Lipinski definition) is 1. The first-order chi connectivity index (χ1) is 15.2. The van der Waals surface area contributed by atoms with Crippen LogP contribution in [0.15, 0.2) is 42.5 Å². The van der Waals surface area contributed by atoms with Crippen molar-refractivity contribution in [3.63, 3.8) is 0 Å². The van der Waals surface area contributed by atoms with E-state index in [0.717, 1.165) is 17.7 Å². The van der Waals surface area contributed by atoms with Crippen molar-refractivity contribution in [1.82, 2.24) is 10.2 Å². The minimum Gasteiger partial charge on any atom is -0.352 e. The number of hydrogen-bond acceptors (Lipinski definition) is 3. The Morgan fingerprint density at radius 3 is 2.25 bits per heavy atom. The summed E-state index contributed by atoms with van der Waals surface area (Å²) in [5.41, 5.74) is 3.22. The molecule has 0 bridgehead atoms. The first-order valence-electron chi connectivity index (χ1n) is 10.9. The molecule has 2 rings (SSSR count). The molecular formula is C25H32Cl2N2O2S. The number of carbonyl (C=O) groups is 2. The van der Waals surface area contributed by atoms with Crippen LogP contribution in [0.3, 0.4) is 0 Å². The van der Waals surface area contributed by atoms with Crippen molar-refractivity contribution in [2.24, 2.45) is 0 Å². The Morgan fingerprint density at radius 2 is 1.66 bits per heavy atom. The predicted molar refractivity (Wildman–Crippen MR) is 136 cm³/mol. The SMILES string of the molecule is CC[C@H](C(=O)N[C@@H](C)CC)N(Cc1ccc(Cl)c(Cl)c1)C(=O)CSCc1ccc(C)cc1. The van der Waals surface area contributed by atoms with E-state index in [4.69, 9.17) is 23.2 Å². The zero-order valence-electron chi connectivity index (χ0n) is 19.2. The van der Waals surface area contributed by atoms with Gasteiger partial charge in [0, 0.05) is 18.3 Å². The topological polar surface area (TPSA) is 49.4 Å². The van der Waals surface area contributed by atoms with Crippen LogP contribution < -0.4 is 5.32 Å². The molecule has 7 heteroatoms. The number of nitrogens with zero attached hydrogens (tertiary/aromatic N) is 1. The van der Waals surface area contributed by atoms with Crippen LogP contribution in [0.1, 0.15) is 50.3 Å². The molecule has 0 aliphatic rings. The first kappa shape index (κ1) is 26.6. The van der Waals surface area contributed by atoms with Crippen molar-refractivity contribution in [1.29, 1.82) is 0 Å². The van der Waals surface area contributed by atoms with Gasteiger partial charge < -0.3 is 10.2 Å². The van der Waals surface area contributed by atoms with Gasteiger partial charge in [0.1, 0.15) is 6.04 Å². The van der Waals surface area contributed by atoms with E-state index in [0.29, 0.717) is 28.8 Å². The number of thioether (sulfide) groups is 1. The molecule has 4 nitrogen and oxygen atoms in total. The van der Waals surface area contributed by atoms with Gasteiger partial charge in [-0.3, -0.25) is 9.59 Å². The minimum atomic E-state index is -0.550. The summed E-state index contributed by atoms with van der Waals surface area (Å²) in [6.07, 6.45) is 1.35. The lowest BCUT2D eigenvalue weighted by Crippen LogP contribution is -2.51. The number of halogens is 2. The fourth-order valence-electron chi connectivity index (χ4n) is 3.22. The summed E-state index contributed by atoms with van der Waals surface area (Å²) in [6, 6.07) is 13.1. The molecule has 2 aromatic rings. The second-order valence-corrected chi connectivity index (χ2v) is 9.79. The lowest BCUT2D eigenvalue weighted by Gasteiger charge is -2.31. The van der Waals surface area contributed by atoms with Crippen LogP contribution in [0.4, 0.5) is 0 Å². The van der Waals surface area contributed by atoms with Crippen molar-refractivity contribution in [2.45, 2.75) is 64.9 Å². The van der Waals surface area contributed by atoms with Crippen LogP contribution in [0.2, 0.25) is 10.0 Å². The smallest absolute Gasteiger partial charge is 0.243 e. The zero-order valence-corrected chi connectivity index (χ0v) is 21.5. The van der Waals surface area contributed by atoms with E-state index in [-0.39, 0.29) is 17.9 Å². The molecule has 174 valence electrons. The van der Waals surface area contributed by atoms with E-state index in [1.54, 1.807) is 28.8 Å². The fraction of sp³-hybridized carbons (Fsp3) is 0.440. The molecule has 0 fully saturated rings. The Labute approximate surface area is 206 Å². The first-order valence-corrected chi connectivity index (χ1v) is 12.8. The molecule has 0 saturated heterocycles. The van der Waals surface area contributed by atoms with E-state index < -0.39 is 6.04 Å². The second kappa shape index (κ2) is 13.1. The van der Waals surface area contributed by atoms with Crippen LogP contribution in [0.5, 0.6) is 0 Å². The van der Waals surface area contributed by atoms with Gasteiger partial charge in [-0.15, -0.1) is 11.8 Å². The summed E-state index contributed by atoms with van der Waals surface area (Å²) in [6.45, 7) is 8.26. The largest absolute Gasteiger partial charge is 0.352 e. The maximum absolute atomic E-state index is 13.3. The molecule has 2 aromatic carbocycles. The maximum atomic E-state index is 13.3. The van der Waals surface area contributed by atoms with Crippen LogP contribution in [0, 0.1) is 6.92 Å².